The van der Waals surface area contributed by atoms with E-state index in [0.29, 0.717) is 0 Å². The number of likely N-dealkylation sites (tertiary alicyclic amines) is 1. The normalized spacial score (nSPS) is 24.9. The highest BCUT2D eigenvalue weighted by Crippen LogP contribution is 2.22. The van der Waals surface area contributed by atoms with E-state index in [1.54, 1.807) is 0 Å². The Hall–Kier alpha value is -1.40. The molecule has 4 rings (SSSR count). The summed E-state index contributed by atoms with van der Waals surface area (Å²) >= 11 is 3.50. The van der Waals surface area contributed by atoms with Gasteiger partial charge in [0.05, 0.1) is 6.10 Å². The lowest BCUT2D eigenvalue weighted by Gasteiger charge is -2.46. The molecule has 0 radical (unpaired) electrons. The van der Waals surface area contributed by atoms with E-state index in [2.05, 4.69) is 85.2 Å². The van der Waals surface area contributed by atoms with Crippen LogP contribution < -0.4 is 4.90 Å². The minimum Gasteiger partial charge on any atom is -0.391 e. The monoisotopic (exact) mass is 429 g/mol. The first-order valence-corrected chi connectivity index (χ1v) is 10.7. The summed E-state index contributed by atoms with van der Waals surface area (Å²) in [6.07, 6.45) is 0.648. The molecule has 2 aromatic rings. The minimum atomic E-state index is -0.213. The summed E-state index contributed by atoms with van der Waals surface area (Å²) in [4.78, 5) is 7.44. The lowest BCUT2D eigenvalue weighted by molar-refractivity contribution is -0.0158. The van der Waals surface area contributed by atoms with Crippen LogP contribution in [0.15, 0.2) is 59.1 Å². The van der Waals surface area contributed by atoms with Gasteiger partial charge in [-0.2, -0.15) is 0 Å². The van der Waals surface area contributed by atoms with Crippen molar-refractivity contribution in [1.29, 1.82) is 0 Å². The van der Waals surface area contributed by atoms with Gasteiger partial charge in [0.2, 0.25) is 0 Å². The number of piperazine rings is 1. The molecule has 27 heavy (non-hydrogen) atoms. The summed E-state index contributed by atoms with van der Waals surface area (Å²) in [6, 6.07) is 19.5. The Morgan fingerprint density at radius 1 is 0.889 bits per heavy atom. The van der Waals surface area contributed by atoms with E-state index >= 15 is 0 Å². The molecule has 2 saturated heterocycles. The zero-order valence-electron chi connectivity index (χ0n) is 15.7. The maximum absolute atomic E-state index is 10.6. The molecular formula is C22H28BrN3O. The molecule has 2 fully saturated rings. The van der Waals surface area contributed by atoms with Crippen molar-refractivity contribution in [2.45, 2.75) is 25.1 Å². The summed E-state index contributed by atoms with van der Waals surface area (Å²) < 4.78 is 1.12. The Bertz CT molecular complexity index is 716. The number of para-hydroxylation sites is 1. The summed E-state index contributed by atoms with van der Waals surface area (Å²) in [5, 5.41) is 10.6. The van der Waals surface area contributed by atoms with E-state index in [1.807, 2.05) is 0 Å². The standard InChI is InChI=1S/C22H28BrN3O/c23-19-8-6-18(7-9-19)16-24-11-10-22(27)21(17-24)26-14-12-25(13-15-26)20-4-2-1-3-5-20/h1-9,21-22,27H,10-17H2. The van der Waals surface area contributed by atoms with Crippen LogP contribution in [0.4, 0.5) is 5.69 Å². The zero-order valence-corrected chi connectivity index (χ0v) is 17.3. The minimum absolute atomic E-state index is 0.213. The van der Waals surface area contributed by atoms with Crippen molar-refractivity contribution in [3.63, 3.8) is 0 Å². The van der Waals surface area contributed by atoms with Gasteiger partial charge >= 0.3 is 0 Å². The third-order valence-electron chi connectivity index (χ3n) is 5.85. The van der Waals surface area contributed by atoms with E-state index in [-0.39, 0.29) is 12.1 Å². The van der Waals surface area contributed by atoms with Gasteiger partial charge < -0.3 is 10.0 Å². The molecule has 0 spiro atoms. The fourth-order valence-corrected chi connectivity index (χ4v) is 4.55. The fraction of sp³-hybridized carbons (Fsp3) is 0.455. The Balaban J connectivity index is 1.34. The van der Waals surface area contributed by atoms with Crippen LogP contribution in [0.2, 0.25) is 0 Å². The molecule has 0 aromatic heterocycles. The second kappa shape index (κ2) is 8.74. The van der Waals surface area contributed by atoms with Gasteiger partial charge in [-0.15, -0.1) is 0 Å². The van der Waals surface area contributed by atoms with Crippen molar-refractivity contribution in [2.75, 3.05) is 44.2 Å². The van der Waals surface area contributed by atoms with Crippen molar-refractivity contribution in [3.05, 3.63) is 64.6 Å². The second-order valence-electron chi connectivity index (χ2n) is 7.64. The van der Waals surface area contributed by atoms with Crippen LogP contribution in [0.3, 0.4) is 0 Å². The summed E-state index contributed by atoms with van der Waals surface area (Å²) in [5.41, 5.74) is 2.64. The molecular weight excluding hydrogens is 402 g/mol. The number of piperidine rings is 1. The third-order valence-corrected chi connectivity index (χ3v) is 6.38. The number of nitrogens with zero attached hydrogens (tertiary/aromatic N) is 3. The van der Waals surface area contributed by atoms with E-state index < -0.39 is 0 Å². The fourth-order valence-electron chi connectivity index (χ4n) is 4.29. The van der Waals surface area contributed by atoms with Crippen molar-refractivity contribution in [2.24, 2.45) is 0 Å². The Morgan fingerprint density at radius 3 is 2.30 bits per heavy atom. The molecule has 0 aliphatic carbocycles. The molecule has 2 aliphatic heterocycles. The number of rotatable bonds is 4. The van der Waals surface area contributed by atoms with Crippen LogP contribution in [0.25, 0.3) is 0 Å². The molecule has 2 heterocycles. The summed E-state index contributed by atoms with van der Waals surface area (Å²) in [7, 11) is 0. The Kier molecular flexibility index (Phi) is 6.13. The number of halogens is 1. The molecule has 2 atom stereocenters. The third kappa shape index (κ3) is 4.72. The van der Waals surface area contributed by atoms with Crippen LogP contribution in [0.5, 0.6) is 0 Å². The molecule has 4 nitrogen and oxygen atoms in total. The molecule has 0 saturated carbocycles. The highest BCUT2D eigenvalue weighted by molar-refractivity contribution is 9.10. The van der Waals surface area contributed by atoms with Crippen LogP contribution in [-0.4, -0.2) is 66.3 Å². The lowest BCUT2D eigenvalue weighted by atomic mass is 9.99. The van der Waals surface area contributed by atoms with Gasteiger partial charge in [0.1, 0.15) is 0 Å². The van der Waals surface area contributed by atoms with Crippen LogP contribution in [-0.2, 0) is 6.54 Å². The number of hydrogen-bond donors (Lipinski definition) is 1. The number of hydrogen-bond acceptors (Lipinski definition) is 4. The molecule has 5 heteroatoms. The van der Waals surface area contributed by atoms with Crippen molar-refractivity contribution < 1.29 is 5.11 Å². The largest absolute Gasteiger partial charge is 0.391 e. The number of aliphatic hydroxyl groups is 1. The van der Waals surface area contributed by atoms with Gasteiger partial charge in [-0.3, -0.25) is 9.80 Å². The molecule has 2 aliphatic rings. The Labute approximate surface area is 170 Å². The van der Waals surface area contributed by atoms with Crippen LogP contribution in [0, 0.1) is 0 Å². The first-order valence-electron chi connectivity index (χ1n) is 9.88. The quantitative estimate of drug-likeness (QED) is 0.807. The maximum Gasteiger partial charge on any atom is 0.0720 e. The predicted octanol–water partition coefficient (Wildman–Crippen LogP) is 3.21. The summed E-state index contributed by atoms with van der Waals surface area (Å²) in [6.45, 7) is 6.96. The van der Waals surface area contributed by atoms with Gasteiger partial charge in [0.15, 0.2) is 0 Å². The van der Waals surface area contributed by atoms with Crippen molar-refractivity contribution in [1.82, 2.24) is 9.80 Å². The average Bonchev–Trinajstić information content (AvgIpc) is 2.72. The van der Waals surface area contributed by atoms with E-state index in [4.69, 9.17) is 0 Å². The van der Waals surface area contributed by atoms with Gasteiger partial charge in [-0.05, 0) is 36.2 Å². The molecule has 2 unspecified atom stereocenters. The molecule has 0 bridgehead atoms. The van der Waals surface area contributed by atoms with Gasteiger partial charge in [0.25, 0.3) is 0 Å². The first-order chi connectivity index (χ1) is 13.2. The van der Waals surface area contributed by atoms with Gasteiger partial charge in [-0.1, -0.05) is 46.3 Å². The highest BCUT2D eigenvalue weighted by atomic mass is 79.9. The van der Waals surface area contributed by atoms with Gasteiger partial charge in [0, 0.05) is 62.0 Å². The summed E-state index contributed by atoms with van der Waals surface area (Å²) in [5.74, 6) is 0. The van der Waals surface area contributed by atoms with Crippen molar-refractivity contribution >= 4 is 21.6 Å². The zero-order chi connectivity index (χ0) is 18.6. The molecule has 0 amide bonds. The maximum atomic E-state index is 10.6. The van der Waals surface area contributed by atoms with Crippen LogP contribution in [0.1, 0.15) is 12.0 Å². The topological polar surface area (TPSA) is 30.0 Å². The Morgan fingerprint density at radius 2 is 1.59 bits per heavy atom. The highest BCUT2D eigenvalue weighted by Gasteiger charge is 2.33. The SMILES string of the molecule is OC1CCN(Cc2ccc(Br)cc2)CC1N1CCN(c2ccccc2)CC1. The molecule has 144 valence electrons. The van der Waals surface area contributed by atoms with Gasteiger partial charge in [-0.25, -0.2) is 0 Å². The molecule has 2 aromatic carbocycles. The number of anilines is 1. The number of benzene rings is 2. The predicted molar refractivity (Wildman–Crippen MR) is 114 cm³/mol. The van der Waals surface area contributed by atoms with E-state index in [9.17, 15) is 5.11 Å². The second-order valence-corrected chi connectivity index (χ2v) is 8.56. The van der Waals surface area contributed by atoms with E-state index in [0.717, 1.165) is 56.7 Å². The first kappa shape index (κ1) is 18.9. The average molecular weight is 430 g/mol. The van der Waals surface area contributed by atoms with E-state index in [1.165, 1.54) is 11.3 Å². The molecule has 1 N–H and O–H groups in total. The van der Waals surface area contributed by atoms with Crippen LogP contribution >= 0.6 is 15.9 Å². The van der Waals surface area contributed by atoms with Crippen molar-refractivity contribution in [3.8, 4) is 0 Å². The number of aliphatic hydroxyl groups excluding tert-OH is 1. The smallest absolute Gasteiger partial charge is 0.0720 e. The lowest BCUT2D eigenvalue weighted by Crippen LogP contribution is -2.59.